The minimum Gasteiger partial charge on any atom is -0.424 e. The Labute approximate surface area is 77.9 Å². The van der Waals surface area contributed by atoms with Crippen molar-refractivity contribution in [2.75, 3.05) is 6.66 Å². The molecular formula is C9H13O3P. The van der Waals surface area contributed by atoms with E-state index in [4.69, 9.17) is 9.42 Å². The molecule has 0 amide bonds. The fraction of sp³-hybridized carbons (Fsp3) is 0.333. The molecule has 0 radical (unpaired) electrons. The molecule has 1 N–H and O–H groups in total. The Bertz CT molecular complexity index is 354. The van der Waals surface area contributed by atoms with Crippen molar-refractivity contribution in [3.8, 4) is 5.75 Å². The molecule has 0 aromatic heterocycles. The molecule has 0 aliphatic carbocycles. The molecule has 0 aliphatic heterocycles. The summed E-state index contributed by atoms with van der Waals surface area (Å²) in [5, 5.41) is 0. The van der Waals surface area contributed by atoms with Crippen LogP contribution in [-0.4, -0.2) is 11.6 Å². The third kappa shape index (κ3) is 3.21. The highest BCUT2D eigenvalue weighted by Gasteiger charge is 2.12. The van der Waals surface area contributed by atoms with Crippen molar-refractivity contribution in [3.63, 3.8) is 0 Å². The lowest BCUT2D eigenvalue weighted by molar-refractivity contribution is 0.386. The quantitative estimate of drug-likeness (QED) is 0.746. The van der Waals surface area contributed by atoms with Crippen LogP contribution in [0.3, 0.4) is 0 Å². The second-order valence-electron chi connectivity index (χ2n) is 3.16. The SMILES string of the molecule is Cc1ccc(OP(C)(=O)O)c(C)c1. The molecule has 0 saturated heterocycles. The van der Waals surface area contributed by atoms with Crippen molar-refractivity contribution in [1.82, 2.24) is 0 Å². The molecule has 1 aromatic rings. The number of aryl methyl sites for hydroxylation is 2. The fourth-order valence-electron chi connectivity index (χ4n) is 1.08. The summed E-state index contributed by atoms with van der Waals surface area (Å²) in [5.41, 5.74) is 1.98. The van der Waals surface area contributed by atoms with Gasteiger partial charge in [0.15, 0.2) is 0 Å². The molecule has 0 fully saturated rings. The largest absolute Gasteiger partial charge is 0.424 e. The normalized spacial score (nSPS) is 15.1. The first-order valence-electron chi connectivity index (χ1n) is 3.95. The Kier molecular flexibility index (Phi) is 2.79. The average Bonchev–Trinajstić information content (AvgIpc) is 1.93. The van der Waals surface area contributed by atoms with Crippen LogP contribution in [0.1, 0.15) is 11.1 Å². The molecule has 1 rings (SSSR count). The first-order valence-corrected chi connectivity index (χ1v) is 5.98. The van der Waals surface area contributed by atoms with Gasteiger partial charge >= 0.3 is 7.60 Å². The minimum atomic E-state index is -3.43. The van der Waals surface area contributed by atoms with E-state index < -0.39 is 7.60 Å². The van der Waals surface area contributed by atoms with E-state index in [0.29, 0.717) is 5.75 Å². The topological polar surface area (TPSA) is 46.5 Å². The van der Waals surface area contributed by atoms with Crippen molar-refractivity contribution in [2.24, 2.45) is 0 Å². The smallest absolute Gasteiger partial charge is 0.373 e. The highest BCUT2D eigenvalue weighted by molar-refractivity contribution is 7.52. The third-order valence-corrected chi connectivity index (χ3v) is 2.13. The van der Waals surface area contributed by atoms with Crippen LogP contribution in [0.4, 0.5) is 0 Å². The molecule has 0 spiro atoms. The highest BCUT2D eigenvalue weighted by atomic mass is 31.2. The van der Waals surface area contributed by atoms with E-state index in [9.17, 15) is 4.57 Å². The summed E-state index contributed by atoms with van der Waals surface area (Å²) in [6.07, 6.45) is 0. The van der Waals surface area contributed by atoms with Gasteiger partial charge in [0.05, 0.1) is 0 Å². The summed E-state index contributed by atoms with van der Waals surface area (Å²) in [5.74, 6) is 0.471. The lowest BCUT2D eigenvalue weighted by Crippen LogP contribution is -1.92. The van der Waals surface area contributed by atoms with Crippen molar-refractivity contribution in [3.05, 3.63) is 29.3 Å². The first-order chi connectivity index (χ1) is 5.88. The van der Waals surface area contributed by atoms with E-state index in [1.807, 2.05) is 26.0 Å². The van der Waals surface area contributed by atoms with E-state index in [1.54, 1.807) is 6.07 Å². The number of benzene rings is 1. The van der Waals surface area contributed by atoms with Crippen molar-refractivity contribution in [2.45, 2.75) is 13.8 Å². The van der Waals surface area contributed by atoms with Gasteiger partial charge in [-0.05, 0) is 25.5 Å². The van der Waals surface area contributed by atoms with Gasteiger partial charge in [-0.25, -0.2) is 4.57 Å². The second kappa shape index (κ2) is 3.52. The predicted octanol–water partition coefficient (Wildman–Crippen LogP) is 2.50. The standard InChI is InChI=1S/C9H13O3P/c1-7-4-5-9(8(2)6-7)12-13(3,10)11/h4-6H,1-3H3,(H,10,11). The maximum Gasteiger partial charge on any atom is 0.373 e. The molecular weight excluding hydrogens is 187 g/mol. The summed E-state index contributed by atoms with van der Waals surface area (Å²) >= 11 is 0. The minimum absolute atomic E-state index is 0.471. The zero-order valence-electron chi connectivity index (χ0n) is 7.94. The third-order valence-electron chi connectivity index (χ3n) is 1.60. The summed E-state index contributed by atoms with van der Waals surface area (Å²) in [7, 11) is -3.43. The van der Waals surface area contributed by atoms with E-state index in [0.717, 1.165) is 11.1 Å². The van der Waals surface area contributed by atoms with Gasteiger partial charge in [-0.2, -0.15) is 0 Å². The zero-order chi connectivity index (χ0) is 10.1. The number of hydrogen-bond acceptors (Lipinski definition) is 2. The molecule has 0 aliphatic rings. The van der Waals surface area contributed by atoms with Gasteiger partial charge in [0, 0.05) is 6.66 Å². The van der Waals surface area contributed by atoms with E-state index >= 15 is 0 Å². The molecule has 0 saturated carbocycles. The first kappa shape index (κ1) is 10.3. The van der Waals surface area contributed by atoms with Gasteiger partial charge in [0.25, 0.3) is 0 Å². The Morgan fingerprint density at radius 1 is 1.38 bits per heavy atom. The van der Waals surface area contributed by atoms with Crippen LogP contribution in [0.2, 0.25) is 0 Å². The van der Waals surface area contributed by atoms with Gasteiger partial charge < -0.3 is 9.42 Å². The van der Waals surface area contributed by atoms with Gasteiger partial charge in [-0.3, -0.25) is 0 Å². The Morgan fingerprint density at radius 3 is 2.46 bits per heavy atom. The highest BCUT2D eigenvalue weighted by Crippen LogP contribution is 2.39. The number of hydrogen-bond donors (Lipinski definition) is 1. The molecule has 1 atom stereocenters. The van der Waals surface area contributed by atoms with Crippen LogP contribution < -0.4 is 4.52 Å². The van der Waals surface area contributed by atoms with Crippen molar-refractivity contribution in [1.29, 1.82) is 0 Å². The summed E-state index contributed by atoms with van der Waals surface area (Å²) < 4.78 is 15.9. The fourth-order valence-corrected chi connectivity index (χ4v) is 1.65. The molecule has 1 aromatic carbocycles. The Hall–Kier alpha value is -0.790. The lowest BCUT2D eigenvalue weighted by atomic mass is 10.1. The van der Waals surface area contributed by atoms with E-state index in [1.165, 1.54) is 6.66 Å². The summed E-state index contributed by atoms with van der Waals surface area (Å²) in [4.78, 5) is 9.00. The molecule has 4 heteroatoms. The van der Waals surface area contributed by atoms with Gasteiger partial charge in [0.2, 0.25) is 0 Å². The van der Waals surface area contributed by atoms with Gasteiger partial charge in [0.1, 0.15) is 5.75 Å². The summed E-state index contributed by atoms with van der Waals surface area (Å²) in [6.45, 7) is 4.98. The Balaban J connectivity index is 2.97. The van der Waals surface area contributed by atoms with Crippen molar-refractivity contribution >= 4 is 7.60 Å². The summed E-state index contributed by atoms with van der Waals surface area (Å²) in [6, 6.07) is 5.46. The van der Waals surface area contributed by atoms with E-state index in [2.05, 4.69) is 0 Å². The van der Waals surface area contributed by atoms with Crippen LogP contribution in [0.15, 0.2) is 18.2 Å². The predicted molar refractivity (Wildman–Crippen MR) is 52.3 cm³/mol. The van der Waals surface area contributed by atoms with Crippen LogP contribution >= 0.6 is 7.60 Å². The van der Waals surface area contributed by atoms with Gasteiger partial charge in [-0.1, -0.05) is 17.7 Å². The van der Waals surface area contributed by atoms with E-state index in [-0.39, 0.29) is 0 Å². The molecule has 13 heavy (non-hydrogen) atoms. The number of rotatable bonds is 2. The zero-order valence-corrected chi connectivity index (χ0v) is 8.84. The van der Waals surface area contributed by atoms with Crippen LogP contribution in [-0.2, 0) is 4.57 Å². The van der Waals surface area contributed by atoms with Crippen LogP contribution in [0, 0.1) is 13.8 Å². The second-order valence-corrected chi connectivity index (χ2v) is 4.95. The Morgan fingerprint density at radius 2 is 2.00 bits per heavy atom. The van der Waals surface area contributed by atoms with Gasteiger partial charge in [-0.15, -0.1) is 0 Å². The molecule has 0 heterocycles. The average molecular weight is 200 g/mol. The molecule has 3 nitrogen and oxygen atoms in total. The maximum atomic E-state index is 11.0. The monoisotopic (exact) mass is 200 g/mol. The molecule has 0 bridgehead atoms. The molecule has 72 valence electrons. The van der Waals surface area contributed by atoms with Crippen molar-refractivity contribution < 1.29 is 14.0 Å². The maximum absolute atomic E-state index is 11.0. The van der Waals surface area contributed by atoms with Crippen LogP contribution in [0.25, 0.3) is 0 Å². The molecule has 1 unspecified atom stereocenters. The lowest BCUT2D eigenvalue weighted by Gasteiger charge is -2.11. The van der Waals surface area contributed by atoms with Crippen LogP contribution in [0.5, 0.6) is 5.75 Å².